The van der Waals surface area contributed by atoms with Crippen LogP contribution in [0.5, 0.6) is 5.75 Å². The molecule has 1 aliphatic rings. The highest BCUT2D eigenvalue weighted by atomic mass is 19.1. The second-order valence-electron chi connectivity index (χ2n) is 7.99. The van der Waals surface area contributed by atoms with Crippen molar-refractivity contribution in [2.75, 3.05) is 19.8 Å². The molecule has 1 atom stereocenters. The minimum Gasteiger partial charge on any atom is -0.483 e. The van der Waals surface area contributed by atoms with Crippen LogP contribution in [0, 0.1) is 12.7 Å². The summed E-state index contributed by atoms with van der Waals surface area (Å²) in [6.45, 7) is 7.48. The molecule has 1 aliphatic heterocycles. The van der Waals surface area contributed by atoms with Crippen molar-refractivity contribution in [2.24, 2.45) is 0 Å². The first-order valence-corrected chi connectivity index (χ1v) is 10.3. The summed E-state index contributed by atoms with van der Waals surface area (Å²) in [5.41, 5.74) is 2.65. The van der Waals surface area contributed by atoms with E-state index < -0.39 is 0 Å². The van der Waals surface area contributed by atoms with Gasteiger partial charge in [0.25, 0.3) is 5.91 Å². The SMILES string of the molecule is Cc1ccc(C(C)C)c(OCC(=O)N(Cc2ccccc2F)CC2CCCO2)c1. The lowest BCUT2D eigenvalue weighted by Crippen LogP contribution is -2.39. The van der Waals surface area contributed by atoms with E-state index in [1.807, 2.05) is 25.1 Å². The number of hydrogen-bond acceptors (Lipinski definition) is 3. The molecule has 156 valence electrons. The van der Waals surface area contributed by atoms with E-state index in [-0.39, 0.29) is 31.0 Å². The van der Waals surface area contributed by atoms with Crippen molar-refractivity contribution in [3.8, 4) is 5.75 Å². The second-order valence-corrected chi connectivity index (χ2v) is 7.99. The van der Waals surface area contributed by atoms with Gasteiger partial charge in [-0.1, -0.05) is 44.2 Å². The normalized spacial score (nSPS) is 16.2. The molecule has 1 unspecified atom stereocenters. The molecule has 5 heteroatoms. The summed E-state index contributed by atoms with van der Waals surface area (Å²) >= 11 is 0. The van der Waals surface area contributed by atoms with E-state index in [9.17, 15) is 9.18 Å². The van der Waals surface area contributed by atoms with Gasteiger partial charge >= 0.3 is 0 Å². The average molecular weight is 400 g/mol. The van der Waals surface area contributed by atoms with Crippen LogP contribution >= 0.6 is 0 Å². The Morgan fingerprint density at radius 2 is 2.07 bits per heavy atom. The van der Waals surface area contributed by atoms with Crippen molar-refractivity contribution in [2.45, 2.75) is 52.2 Å². The lowest BCUT2D eigenvalue weighted by Gasteiger charge is -2.26. The third kappa shape index (κ3) is 5.80. The predicted molar refractivity (Wildman–Crippen MR) is 112 cm³/mol. The molecule has 0 N–H and O–H groups in total. The van der Waals surface area contributed by atoms with Gasteiger partial charge in [0, 0.05) is 25.3 Å². The van der Waals surface area contributed by atoms with E-state index in [1.54, 1.807) is 23.1 Å². The van der Waals surface area contributed by atoms with Gasteiger partial charge in [0.2, 0.25) is 0 Å². The zero-order valence-corrected chi connectivity index (χ0v) is 17.5. The predicted octanol–water partition coefficient (Wildman–Crippen LogP) is 4.84. The number of aryl methyl sites for hydroxylation is 1. The Hall–Kier alpha value is -2.40. The van der Waals surface area contributed by atoms with Crippen molar-refractivity contribution in [1.82, 2.24) is 4.90 Å². The number of amides is 1. The van der Waals surface area contributed by atoms with Gasteiger partial charge in [-0.3, -0.25) is 4.79 Å². The number of benzene rings is 2. The molecule has 0 saturated carbocycles. The van der Waals surface area contributed by atoms with Gasteiger partial charge in [-0.25, -0.2) is 4.39 Å². The highest BCUT2D eigenvalue weighted by Crippen LogP contribution is 2.27. The standard InChI is InChI=1S/C24H30FNO3/c1-17(2)21-11-10-18(3)13-23(21)29-16-24(27)26(15-20-8-6-12-28-20)14-19-7-4-5-9-22(19)25/h4-5,7,9-11,13,17,20H,6,8,12,14-16H2,1-3H3. The van der Waals surface area contributed by atoms with Gasteiger partial charge in [0.05, 0.1) is 6.10 Å². The summed E-state index contributed by atoms with van der Waals surface area (Å²) < 4.78 is 25.8. The van der Waals surface area contributed by atoms with E-state index >= 15 is 0 Å². The third-order valence-corrected chi connectivity index (χ3v) is 5.26. The Bertz CT molecular complexity index is 831. The summed E-state index contributed by atoms with van der Waals surface area (Å²) in [5, 5.41) is 0. The van der Waals surface area contributed by atoms with Crippen molar-refractivity contribution < 1.29 is 18.7 Å². The van der Waals surface area contributed by atoms with E-state index in [0.717, 1.165) is 29.7 Å². The Balaban J connectivity index is 1.72. The van der Waals surface area contributed by atoms with E-state index in [4.69, 9.17) is 9.47 Å². The largest absolute Gasteiger partial charge is 0.483 e. The molecular weight excluding hydrogens is 369 g/mol. The van der Waals surface area contributed by atoms with Crippen LogP contribution in [-0.2, 0) is 16.1 Å². The van der Waals surface area contributed by atoms with Gasteiger partial charge in [-0.2, -0.15) is 0 Å². The minimum absolute atomic E-state index is 0.00378. The number of halogens is 1. The Labute approximate surface area is 172 Å². The molecule has 0 aromatic heterocycles. The van der Waals surface area contributed by atoms with E-state index in [1.165, 1.54) is 6.07 Å². The number of ether oxygens (including phenoxy) is 2. The zero-order chi connectivity index (χ0) is 20.8. The Morgan fingerprint density at radius 1 is 1.28 bits per heavy atom. The monoisotopic (exact) mass is 399 g/mol. The van der Waals surface area contributed by atoms with Crippen molar-refractivity contribution in [1.29, 1.82) is 0 Å². The molecule has 2 aromatic carbocycles. The van der Waals surface area contributed by atoms with Crippen LogP contribution in [0.4, 0.5) is 4.39 Å². The molecule has 0 aliphatic carbocycles. The van der Waals surface area contributed by atoms with Gasteiger partial charge < -0.3 is 14.4 Å². The second kappa shape index (κ2) is 9.88. The molecule has 1 heterocycles. The maximum absolute atomic E-state index is 14.2. The fraction of sp³-hybridized carbons (Fsp3) is 0.458. The van der Waals surface area contributed by atoms with Crippen LogP contribution in [0.3, 0.4) is 0 Å². The molecule has 1 saturated heterocycles. The van der Waals surface area contributed by atoms with Crippen molar-refractivity contribution in [3.05, 3.63) is 65.0 Å². The Kier molecular flexibility index (Phi) is 7.26. The maximum Gasteiger partial charge on any atom is 0.260 e. The first kappa shape index (κ1) is 21.3. The summed E-state index contributed by atoms with van der Waals surface area (Å²) in [7, 11) is 0. The van der Waals surface area contributed by atoms with Gasteiger partial charge in [-0.05, 0) is 48.9 Å². The number of rotatable bonds is 8. The molecule has 29 heavy (non-hydrogen) atoms. The van der Waals surface area contributed by atoms with Crippen molar-refractivity contribution >= 4 is 5.91 Å². The van der Waals surface area contributed by atoms with Crippen LogP contribution in [0.2, 0.25) is 0 Å². The number of nitrogens with zero attached hydrogens (tertiary/aromatic N) is 1. The third-order valence-electron chi connectivity index (χ3n) is 5.26. The van der Waals surface area contributed by atoms with Crippen LogP contribution in [-0.4, -0.2) is 36.7 Å². The zero-order valence-electron chi connectivity index (χ0n) is 17.5. The molecule has 2 aromatic rings. The first-order valence-electron chi connectivity index (χ1n) is 10.3. The summed E-state index contributed by atoms with van der Waals surface area (Å²) in [6.07, 6.45) is 1.90. The average Bonchev–Trinajstić information content (AvgIpc) is 3.20. The first-order chi connectivity index (χ1) is 13.9. The topological polar surface area (TPSA) is 38.8 Å². The summed E-state index contributed by atoms with van der Waals surface area (Å²) in [5.74, 6) is 0.553. The molecular formula is C24H30FNO3. The molecule has 0 radical (unpaired) electrons. The highest BCUT2D eigenvalue weighted by molar-refractivity contribution is 5.78. The lowest BCUT2D eigenvalue weighted by molar-refractivity contribution is -0.135. The molecule has 3 rings (SSSR count). The summed E-state index contributed by atoms with van der Waals surface area (Å²) in [6, 6.07) is 12.6. The van der Waals surface area contributed by atoms with Gasteiger partial charge in [0.15, 0.2) is 6.61 Å². The summed E-state index contributed by atoms with van der Waals surface area (Å²) in [4.78, 5) is 14.7. The number of hydrogen-bond donors (Lipinski definition) is 0. The smallest absolute Gasteiger partial charge is 0.260 e. The maximum atomic E-state index is 14.2. The number of carbonyl (C=O) groups is 1. The lowest BCUT2D eigenvalue weighted by atomic mass is 10.0. The minimum atomic E-state index is -0.306. The van der Waals surface area contributed by atoms with Crippen LogP contribution in [0.1, 0.15) is 49.3 Å². The van der Waals surface area contributed by atoms with Gasteiger partial charge in [0.1, 0.15) is 11.6 Å². The fourth-order valence-corrected chi connectivity index (χ4v) is 3.60. The van der Waals surface area contributed by atoms with Gasteiger partial charge in [-0.15, -0.1) is 0 Å². The fourth-order valence-electron chi connectivity index (χ4n) is 3.60. The van der Waals surface area contributed by atoms with Crippen LogP contribution in [0.25, 0.3) is 0 Å². The molecule has 1 amide bonds. The molecule has 0 bridgehead atoms. The van der Waals surface area contributed by atoms with Crippen LogP contribution in [0.15, 0.2) is 42.5 Å². The molecule has 0 spiro atoms. The van der Waals surface area contributed by atoms with E-state index in [2.05, 4.69) is 13.8 Å². The molecule has 1 fully saturated rings. The molecule has 4 nitrogen and oxygen atoms in total. The Morgan fingerprint density at radius 3 is 2.76 bits per heavy atom. The number of carbonyl (C=O) groups excluding carboxylic acids is 1. The quantitative estimate of drug-likeness (QED) is 0.637. The van der Waals surface area contributed by atoms with E-state index in [0.29, 0.717) is 24.6 Å². The van der Waals surface area contributed by atoms with Crippen LogP contribution < -0.4 is 4.74 Å². The van der Waals surface area contributed by atoms with Crippen molar-refractivity contribution in [3.63, 3.8) is 0 Å². The highest BCUT2D eigenvalue weighted by Gasteiger charge is 2.24.